The predicted molar refractivity (Wildman–Crippen MR) is 53.0 cm³/mol. The average Bonchev–Trinajstić information content (AvgIpc) is 2.44. The molecule has 1 aliphatic rings. The van der Waals surface area contributed by atoms with E-state index in [0.29, 0.717) is 11.9 Å². The van der Waals surface area contributed by atoms with E-state index in [1.54, 1.807) is 12.3 Å². The summed E-state index contributed by atoms with van der Waals surface area (Å²) in [6.07, 6.45) is -0.776. The fourth-order valence-electron chi connectivity index (χ4n) is 1.21. The van der Waals surface area contributed by atoms with Crippen molar-refractivity contribution >= 4 is 17.6 Å². The molecule has 1 saturated heterocycles. The fourth-order valence-corrected chi connectivity index (χ4v) is 1.85. The number of nitrogens with zero attached hydrogens (tertiary/aromatic N) is 2. The summed E-state index contributed by atoms with van der Waals surface area (Å²) >= 11 is 1.86. The molecule has 1 aromatic heterocycles. The van der Waals surface area contributed by atoms with E-state index < -0.39 is 6.43 Å². The first-order valence-electron chi connectivity index (χ1n) is 4.40. The molecule has 1 aromatic rings. The van der Waals surface area contributed by atoms with Crippen LogP contribution in [-0.4, -0.2) is 33.8 Å². The van der Waals surface area contributed by atoms with E-state index in [0.717, 1.165) is 11.5 Å². The van der Waals surface area contributed by atoms with Crippen molar-refractivity contribution in [3.63, 3.8) is 0 Å². The molecule has 0 atom stereocenters. The SMILES string of the molecule is FC(F)Cn1ccc(NC2CSC2)n1. The molecule has 78 valence electrons. The van der Waals surface area contributed by atoms with Gasteiger partial charge in [0.25, 0.3) is 6.43 Å². The molecule has 2 heterocycles. The molecule has 0 saturated carbocycles. The molecule has 3 nitrogen and oxygen atoms in total. The molecule has 0 unspecified atom stereocenters. The topological polar surface area (TPSA) is 29.9 Å². The van der Waals surface area contributed by atoms with Crippen LogP contribution in [0.5, 0.6) is 0 Å². The summed E-state index contributed by atoms with van der Waals surface area (Å²) in [7, 11) is 0. The highest BCUT2D eigenvalue weighted by molar-refractivity contribution is 8.00. The minimum Gasteiger partial charge on any atom is -0.364 e. The van der Waals surface area contributed by atoms with Gasteiger partial charge in [-0.25, -0.2) is 8.78 Å². The van der Waals surface area contributed by atoms with Gasteiger partial charge in [0, 0.05) is 29.8 Å². The molecule has 1 N–H and O–H groups in total. The fraction of sp³-hybridized carbons (Fsp3) is 0.625. The van der Waals surface area contributed by atoms with Crippen LogP contribution >= 0.6 is 11.8 Å². The second kappa shape index (κ2) is 4.16. The number of aromatic nitrogens is 2. The van der Waals surface area contributed by atoms with Crippen molar-refractivity contribution in [1.82, 2.24) is 9.78 Å². The molecule has 0 radical (unpaired) electrons. The summed E-state index contributed by atoms with van der Waals surface area (Å²) in [5.41, 5.74) is 0. The second-order valence-electron chi connectivity index (χ2n) is 3.19. The molecule has 0 amide bonds. The molecule has 6 heteroatoms. The maximum atomic E-state index is 12.0. The van der Waals surface area contributed by atoms with Crippen molar-refractivity contribution in [2.24, 2.45) is 0 Å². The summed E-state index contributed by atoms with van der Waals surface area (Å²) in [4.78, 5) is 0. The third-order valence-corrected chi connectivity index (χ3v) is 3.23. The van der Waals surface area contributed by atoms with Crippen LogP contribution < -0.4 is 5.32 Å². The Labute approximate surface area is 84.9 Å². The molecular formula is C8H11F2N3S. The Kier molecular flexibility index (Phi) is 2.90. The van der Waals surface area contributed by atoms with Gasteiger partial charge in [0.15, 0.2) is 0 Å². The zero-order chi connectivity index (χ0) is 9.97. The molecular weight excluding hydrogens is 208 g/mol. The predicted octanol–water partition coefficient (Wildman–Crippen LogP) is 1.68. The van der Waals surface area contributed by atoms with Gasteiger partial charge in [0.2, 0.25) is 0 Å². The molecule has 14 heavy (non-hydrogen) atoms. The highest BCUT2D eigenvalue weighted by atomic mass is 32.2. The Morgan fingerprint density at radius 2 is 2.43 bits per heavy atom. The minimum atomic E-state index is -2.35. The second-order valence-corrected chi connectivity index (χ2v) is 4.27. The third-order valence-electron chi connectivity index (χ3n) is 1.96. The van der Waals surface area contributed by atoms with Crippen LogP contribution in [0.4, 0.5) is 14.6 Å². The van der Waals surface area contributed by atoms with E-state index in [-0.39, 0.29) is 6.54 Å². The number of alkyl halides is 2. The van der Waals surface area contributed by atoms with Crippen LogP contribution in [0.1, 0.15) is 0 Å². The highest BCUT2D eigenvalue weighted by Crippen LogP contribution is 2.20. The number of thioether (sulfide) groups is 1. The van der Waals surface area contributed by atoms with Crippen LogP contribution in [0.3, 0.4) is 0 Å². The van der Waals surface area contributed by atoms with Crippen molar-refractivity contribution in [3.05, 3.63) is 12.3 Å². The van der Waals surface area contributed by atoms with Gasteiger partial charge in [-0.3, -0.25) is 4.68 Å². The molecule has 0 aromatic carbocycles. The van der Waals surface area contributed by atoms with E-state index >= 15 is 0 Å². The first-order chi connectivity index (χ1) is 6.74. The zero-order valence-corrected chi connectivity index (χ0v) is 8.31. The van der Waals surface area contributed by atoms with E-state index in [4.69, 9.17) is 0 Å². The smallest absolute Gasteiger partial charge is 0.257 e. The van der Waals surface area contributed by atoms with Crippen LogP contribution in [0.2, 0.25) is 0 Å². The van der Waals surface area contributed by atoms with Crippen LogP contribution in [0.25, 0.3) is 0 Å². The lowest BCUT2D eigenvalue weighted by Crippen LogP contribution is -2.33. The maximum absolute atomic E-state index is 12.0. The normalized spacial score (nSPS) is 17.1. The van der Waals surface area contributed by atoms with E-state index in [1.165, 1.54) is 4.68 Å². The first kappa shape index (κ1) is 9.76. The maximum Gasteiger partial charge on any atom is 0.257 e. The lowest BCUT2D eigenvalue weighted by molar-refractivity contribution is 0.122. The lowest BCUT2D eigenvalue weighted by atomic mass is 10.4. The van der Waals surface area contributed by atoms with Crippen LogP contribution in [-0.2, 0) is 6.54 Å². The monoisotopic (exact) mass is 219 g/mol. The number of rotatable bonds is 4. The number of hydrogen-bond acceptors (Lipinski definition) is 3. The average molecular weight is 219 g/mol. The summed E-state index contributed by atoms with van der Waals surface area (Å²) in [6, 6.07) is 2.18. The van der Waals surface area contributed by atoms with Crippen molar-refractivity contribution in [1.29, 1.82) is 0 Å². The zero-order valence-electron chi connectivity index (χ0n) is 7.49. The third kappa shape index (κ3) is 2.37. The summed E-state index contributed by atoms with van der Waals surface area (Å²) in [5.74, 6) is 2.83. The van der Waals surface area contributed by atoms with Gasteiger partial charge in [-0.15, -0.1) is 0 Å². The molecule has 0 spiro atoms. The standard InChI is InChI=1S/C8H11F2N3S/c9-7(10)3-13-2-1-8(12-13)11-6-4-14-5-6/h1-2,6-7H,3-5H2,(H,11,12). The minimum absolute atomic E-state index is 0.332. The number of halogens is 2. The number of anilines is 1. The molecule has 0 aliphatic carbocycles. The van der Waals surface area contributed by atoms with Gasteiger partial charge < -0.3 is 5.32 Å². The van der Waals surface area contributed by atoms with Crippen molar-refractivity contribution in [2.45, 2.75) is 19.0 Å². The number of hydrogen-bond donors (Lipinski definition) is 1. The summed E-state index contributed by atoms with van der Waals surface area (Å²) in [6.45, 7) is -0.332. The Morgan fingerprint density at radius 1 is 1.64 bits per heavy atom. The summed E-state index contributed by atoms with van der Waals surface area (Å²) < 4.78 is 25.2. The lowest BCUT2D eigenvalue weighted by Gasteiger charge is -2.25. The summed E-state index contributed by atoms with van der Waals surface area (Å²) in [5, 5.41) is 7.16. The highest BCUT2D eigenvalue weighted by Gasteiger charge is 2.18. The van der Waals surface area contributed by atoms with Crippen molar-refractivity contribution in [3.8, 4) is 0 Å². The van der Waals surface area contributed by atoms with E-state index in [2.05, 4.69) is 10.4 Å². The number of nitrogens with one attached hydrogen (secondary N) is 1. The van der Waals surface area contributed by atoms with Crippen LogP contribution in [0.15, 0.2) is 12.3 Å². The Morgan fingerprint density at radius 3 is 3.00 bits per heavy atom. The Bertz CT molecular complexity index is 299. The van der Waals surface area contributed by atoms with E-state index in [9.17, 15) is 8.78 Å². The van der Waals surface area contributed by atoms with Crippen LogP contribution in [0, 0.1) is 0 Å². The van der Waals surface area contributed by atoms with Gasteiger partial charge in [0.05, 0.1) is 0 Å². The first-order valence-corrected chi connectivity index (χ1v) is 5.55. The molecule has 1 aliphatic heterocycles. The largest absolute Gasteiger partial charge is 0.364 e. The van der Waals surface area contributed by atoms with E-state index in [1.807, 2.05) is 11.8 Å². The van der Waals surface area contributed by atoms with Crippen molar-refractivity contribution < 1.29 is 8.78 Å². The molecule has 1 fully saturated rings. The van der Waals surface area contributed by atoms with Crippen molar-refractivity contribution in [2.75, 3.05) is 16.8 Å². The molecule has 0 bridgehead atoms. The van der Waals surface area contributed by atoms with Gasteiger partial charge >= 0.3 is 0 Å². The quantitative estimate of drug-likeness (QED) is 0.835. The van der Waals surface area contributed by atoms with Gasteiger partial charge in [-0.1, -0.05) is 0 Å². The Hall–Kier alpha value is -0.780. The van der Waals surface area contributed by atoms with Gasteiger partial charge in [-0.05, 0) is 0 Å². The molecule has 2 rings (SSSR count). The van der Waals surface area contributed by atoms with Gasteiger partial charge in [-0.2, -0.15) is 16.9 Å². The Balaban J connectivity index is 1.88. The van der Waals surface area contributed by atoms with Gasteiger partial charge in [0.1, 0.15) is 12.4 Å².